The number of nitrogens with zero attached hydrogens (tertiary/aromatic N) is 3. The normalized spacial score (nSPS) is 14.9. The summed E-state index contributed by atoms with van der Waals surface area (Å²) in [7, 11) is 0. The van der Waals surface area contributed by atoms with Crippen molar-refractivity contribution >= 4 is 16.8 Å². The molecule has 2 aromatic heterocycles. The number of likely N-dealkylation sites (tertiary alicyclic amines) is 1. The molecule has 0 bridgehead atoms. The van der Waals surface area contributed by atoms with E-state index in [1.54, 1.807) is 30.5 Å². The van der Waals surface area contributed by atoms with Crippen molar-refractivity contribution in [1.82, 2.24) is 20.2 Å². The van der Waals surface area contributed by atoms with Gasteiger partial charge in [0, 0.05) is 49.0 Å². The molecule has 0 atom stereocenters. The molecule has 33 heavy (non-hydrogen) atoms. The van der Waals surface area contributed by atoms with Gasteiger partial charge in [0.25, 0.3) is 5.91 Å². The second-order valence-electron chi connectivity index (χ2n) is 8.50. The second-order valence-corrected chi connectivity index (χ2v) is 8.50. The van der Waals surface area contributed by atoms with Crippen LogP contribution < -0.4 is 5.32 Å². The Morgan fingerprint density at radius 2 is 1.82 bits per heavy atom. The van der Waals surface area contributed by atoms with Crippen LogP contribution in [0.5, 0.6) is 0 Å². The van der Waals surface area contributed by atoms with Crippen LogP contribution in [0.1, 0.15) is 28.8 Å². The molecule has 0 radical (unpaired) electrons. The van der Waals surface area contributed by atoms with Crippen LogP contribution in [-0.2, 0) is 6.54 Å². The third-order valence-corrected chi connectivity index (χ3v) is 6.12. The fourth-order valence-corrected chi connectivity index (χ4v) is 4.31. The second kappa shape index (κ2) is 9.46. The van der Waals surface area contributed by atoms with Crippen molar-refractivity contribution in [3.63, 3.8) is 0 Å². The van der Waals surface area contributed by atoms with Crippen molar-refractivity contribution < 1.29 is 9.18 Å². The van der Waals surface area contributed by atoms with Crippen molar-refractivity contribution in [3.05, 3.63) is 96.1 Å². The Bertz CT molecular complexity index is 1270. The molecule has 5 rings (SSSR count). The van der Waals surface area contributed by atoms with E-state index >= 15 is 0 Å². The molecule has 0 aliphatic carbocycles. The summed E-state index contributed by atoms with van der Waals surface area (Å²) in [4.78, 5) is 24.0. The van der Waals surface area contributed by atoms with Gasteiger partial charge in [0.15, 0.2) is 0 Å². The zero-order valence-electron chi connectivity index (χ0n) is 18.2. The Morgan fingerprint density at radius 3 is 2.61 bits per heavy atom. The maximum atomic E-state index is 13.4. The topological polar surface area (TPSA) is 58.1 Å². The molecule has 3 heterocycles. The lowest BCUT2D eigenvalue weighted by molar-refractivity contribution is 0.0908. The molecule has 1 N–H and O–H groups in total. The fraction of sp³-hybridized carbons (Fsp3) is 0.222. The Kier molecular flexibility index (Phi) is 6.09. The average Bonchev–Trinajstić information content (AvgIpc) is 2.85. The molecule has 166 valence electrons. The SMILES string of the molecule is O=C(NC1CCN(Cc2cnc3ccccc3c2)CC1)c1ccc(-c2cccc(F)c2)nc1. The first kappa shape index (κ1) is 21.2. The number of amides is 1. The van der Waals surface area contributed by atoms with Crippen LogP contribution in [-0.4, -0.2) is 39.9 Å². The maximum Gasteiger partial charge on any atom is 0.253 e. The number of benzene rings is 2. The van der Waals surface area contributed by atoms with Crippen LogP contribution >= 0.6 is 0 Å². The quantitative estimate of drug-likeness (QED) is 0.483. The minimum atomic E-state index is -0.306. The highest BCUT2D eigenvalue weighted by Gasteiger charge is 2.21. The number of piperidine rings is 1. The number of carbonyl (C=O) groups excluding carboxylic acids is 1. The minimum absolute atomic E-state index is 0.120. The van der Waals surface area contributed by atoms with Gasteiger partial charge in [-0.15, -0.1) is 0 Å². The summed E-state index contributed by atoms with van der Waals surface area (Å²) >= 11 is 0. The summed E-state index contributed by atoms with van der Waals surface area (Å²) in [5, 5.41) is 4.30. The highest BCUT2D eigenvalue weighted by atomic mass is 19.1. The highest BCUT2D eigenvalue weighted by Crippen LogP contribution is 2.19. The Hall–Kier alpha value is -3.64. The van der Waals surface area contributed by atoms with E-state index in [9.17, 15) is 9.18 Å². The number of rotatable bonds is 5. The highest BCUT2D eigenvalue weighted by molar-refractivity contribution is 5.94. The van der Waals surface area contributed by atoms with E-state index in [1.807, 2.05) is 24.4 Å². The van der Waals surface area contributed by atoms with Gasteiger partial charge in [0.05, 0.1) is 16.8 Å². The van der Waals surface area contributed by atoms with Gasteiger partial charge in [-0.05, 0) is 54.8 Å². The van der Waals surface area contributed by atoms with Gasteiger partial charge in [-0.3, -0.25) is 19.7 Å². The summed E-state index contributed by atoms with van der Waals surface area (Å²) in [5.74, 6) is -0.426. The molecular weight excluding hydrogens is 415 g/mol. The first-order chi connectivity index (χ1) is 16.1. The minimum Gasteiger partial charge on any atom is -0.349 e. The summed E-state index contributed by atoms with van der Waals surface area (Å²) < 4.78 is 13.4. The summed E-state index contributed by atoms with van der Waals surface area (Å²) in [6.45, 7) is 2.72. The van der Waals surface area contributed by atoms with Crippen LogP contribution in [0.25, 0.3) is 22.2 Å². The third kappa shape index (κ3) is 5.07. The van der Waals surface area contributed by atoms with Crippen molar-refractivity contribution in [2.45, 2.75) is 25.4 Å². The van der Waals surface area contributed by atoms with E-state index in [4.69, 9.17) is 0 Å². The first-order valence-corrected chi connectivity index (χ1v) is 11.2. The lowest BCUT2D eigenvalue weighted by Gasteiger charge is -2.32. The van der Waals surface area contributed by atoms with Gasteiger partial charge in [-0.1, -0.05) is 30.3 Å². The van der Waals surface area contributed by atoms with Gasteiger partial charge in [-0.2, -0.15) is 0 Å². The number of aromatic nitrogens is 2. The fourth-order valence-electron chi connectivity index (χ4n) is 4.31. The third-order valence-electron chi connectivity index (χ3n) is 6.12. The molecule has 0 saturated carbocycles. The van der Waals surface area contributed by atoms with Gasteiger partial charge < -0.3 is 5.32 Å². The Labute approximate surface area is 192 Å². The molecule has 5 nitrogen and oxygen atoms in total. The van der Waals surface area contributed by atoms with Crippen LogP contribution in [0.3, 0.4) is 0 Å². The van der Waals surface area contributed by atoms with E-state index in [0.717, 1.165) is 43.4 Å². The molecule has 1 saturated heterocycles. The largest absolute Gasteiger partial charge is 0.349 e. The molecule has 4 aromatic rings. The zero-order chi connectivity index (χ0) is 22.6. The monoisotopic (exact) mass is 440 g/mol. The van der Waals surface area contributed by atoms with Gasteiger partial charge in [0.1, 0.15) is 5.82 Å². The number of hydrogen-bond acceptors (Lipinski definition) is 4. The lowest BCUT2D eigenvalue weighted by atomic mass is 10.0. The van der Waals surface area contributed by atoms with Gasteiger partial charge in [-0.25, -0.2) is 4.39 Å². The standard InChI is InChI=1S/C27H25FN4O/c28-23-6-3-5-21(15-23)26-9-8-22(17-30-26)27(33)31-24-10-12-32(13-11-24)18-19-14-20-4-1-2-7-25(20)29-16-19/h1-9,14-17,24H,10-13,18H2,(H,31,33). The number of fused-ring (bicyclic) bond motifs is 1. The molecule has 0 unspecified atom stereocenters. The number of hydrogen-bond donors (Lipinski definition) is 1. The van der Waals surface area contributed by atoms with E-state index < -0.39 is 0 Å². The van der Waals surface area contributed by atoms with Gasteiger partial charge in [0.2, 0.25) is 0 Å². The van der Waals surface area contributed by atoms with E-state index in [1.165, 1.54) is 17.7 Å². The van der Waals surface area contributed by atoms with Crippen molar-refractivity contribution in [3.8, 4) is 11.3 Å². The summed E-state index contributed by atoms with van der Waals surface area (Å²) in [6.07, 6.45) is 5.32. The number of pyridine rings is 2. The number of halogens is 1. The van der Waals surface area contributed by atoms with E-state index in [2.05, 4.69) is 32.3 Å². The molecule has 1 fully saturated rings. The van der Waals surface area contributed by atoms with Crippen molar-refractivity contribution in [2.24, 2.45) is 0 Å². The Morgan fingerprint density at radius 1 is 0.970 bits per heavy atom. The number of para-hydroxylation sites is 1. The van der Waals surface area contributed by atoms with Crippen LogP contribution in [0, 0.1) is 5.82 Å². The van der Waals surface area contributed by atoms with Crippen molar-refractivity contribution in [2.75, 3.05) is 13.1 Å². The summed E-state index contributed by atoms with van der Waals surface area (Å²) in [6, 6.07) is 20.3. The molecule has 2 aromatic carbocycles. The van der Waals surface area contributed by atoms with E-state index in [0.29, 0.717) is 16.8 Å². The lowest BCUT2D eigenvalue weighted by Crippen LogP contribution is -2.44. The predicted octanol–water partition coefficient (Wildman–Crippen LogP) is 4.83. The molecule has 1 aliphatic rings. The van der Waals surface area contributed by atoms with Crippen LogP contribution in [0.15, 0.2) is 79.1 Å². The molecule has 1 amide bonds. The molecule has 0 spiro atoms. The first-order valence-electron chi connectivity index (χ1n) is 11.2. The maximum absolute atomic E-state index is 13.4. The van der Waals surface area contributed by atoms with E-state index in [-0.39, 0.29) is 17.8 Å². The Balaban J connectivity index is 1.14. The zero-order valence-corrected chi connectivity index (χ0v) is 18.2. The molecule has 6 heteroatoms. The molecular formula is C27H25FN4O. The molecule has 1 aliphatic heterocycles. The van der Waals surface area contributed by atoms with Crippen LogP contribution in [0.2, 0.25) is 0 Å². The van der Waals surface area contributed by atoms with Crippen LogP contribution in [0.4, 0.5) is 4.39 Å². The smallest absolute Gasteiger partial charge is 0.253 e. The predicted molar refractivity (Wildman–Crippen MR) is 127 cm³/mol. The number of nitrogens with one attached hydrogen (secondary N) is 1. The number of carbonyl (C=O) groups is 1. The van der Waals surface area contributed by atoms with Gasteiger partial charge >= 0.3 is 0 Å². The van der Waals surface area contributed by atoms with Crippen molar-refractivity contribution in [1.29, 1.82) is 0 Å². The summed E-state index contributed by atoms with van der Waals surface area (Å²) in [5.41, 5.74) is 4.07. The average molecular weight is 441 g/mol.